The van der Waals surface area contributed by atoms with Crippen molar-refractivity contribution in [2.75, 3.05) is 13.1 Å². The Kier molecular flexibility index (Phi) is 5.11. The number of hydrogen-bond donors (Lipinski definition) is 2. The van der Waals surface area contributed by atoms with Crippen molar-refractivity contribution in [3.8, 4) is 0 Å². The van der Waals surface area contributed by atoms with Crippen molar-refractivity contribution in [2.45, 2.75) is 37.6 Å². The number of sulfonamides is 1. The number of nitrogens with zero attached hydrogens (tertiary/aromatic N) is 2. The first-order valence-corrected chi connectivity index (χ1v) is 10.9. The van der Waals surface area contributed by atoms with Crippen LogP contribution >= 0.6 is 15.9 Å². The van der Waals surface area contributed by atoms with Crippen LogP contribution in [0.3, 0.4) is 0 Å². The molecule has 1 unspecified atom stereocenters. The smallest absolute Gasteiger partial charge is 0.313 e. The van der Waals surface area contributed by atoms with Crippen LogP contribution in [0.4, 0.5) is 0 Å². The number of aromatic nitrogens is 2. The fourth-order valence-corrected chi connectivity index (χ4v) is 5.81. The van der Waals surface area contributed by atoms with E-state index in [1.54, 1.807) is 26.2 Å². The number of benzene rings is 1. The van der Waals surface area contributed by atoms with Crippen molar-refractivity contribution in [1.29, 1.82) is 0 Å². The molecule has 0 aliphatic carbocycles. The van der Waals surface area contributed by atoms with Crippen molar-refractivity contribution in [3.63, 3.8) is 0 Å². The Hall–Kier alpha value is -1.16. The first-order valence-electron chi connectivity index (χ1n) is 8.62. The molecule has 3 rings (SSSR count). The summed E-state index contributed by atoms with van der Waals surface area (Å²) in [5.74, 6) is 0. The highest BCUT2D eigenvalue weighted by molar-refractivity contribution is 9.10. The second-order valence-corrected chi connectivity index (χ2v) is 10.2. The van der Waals surface area contributed by atoms with Gasteiger partial charge in [0.2, 0.25) is 10.0 Å². The molecule has 2 N–H and O–H groups in total. The van der Waals surface area contributed by atoms with Gasteiger partial charge in [0.25, 0.3) is 0 Å². The lowest BCUT2D eigenvalue weighted by Crippen LogP contribution is -2.45. The Balaban J connectivity index is 1.93. The topological polar surface area (TPSA) is 85.1 Å². The third-order valence-electron chi connectivity index (χ3n) is 5.34. The lowest BCUT2D eigenvalue weighted by atomic mass is 9.84. The van der Waals surface area contributed by atoms with Gasteiger partial charge in [-0.2, -0.15) is 0 Å². The minimum Gasteiger partial charge on any atom is -0.313 e. The molecule has 0 saturated carbocycles. The van der Waals surface area contributed by atoms with Crippen molar-refractivity contribution < 1.29 is 8.42 Å². The van der Waals surface area contributed by atoms with Crippen LogP contribution in [0.25, 0.3) is 11.0 Å². The van der Waals surface area contributed by atoms with E-state index in [1.165, 1.54) is 9.13 Å². The molecule has 9 heteroatoms. The molecule has 0 radical (unpaired) electrons. The third kappa shape index (κ3) is 3.37. The zero-order valence-corrected chi connectivity index (χ0v) is 17.9. The normalized spacial score (nSPS) is 18.7. The van der Waals surface area contributed by atoms with E-state index in [2.05, 4.69) is 39.8 Å². The molecule has 144 valence electrons. The molecule has 0 bridgehead atoms. The highest BCUT2D eigenvalue weighted by Crippen LogP contribution is 2.29. The van der Waals surface area contributed by atoms with Gasteiger partial charge in [-0.15, -0.1) is 0 Å². The molecule has 1 saturated heterocycles. The third-order valence-corrected chi connectivity index (χ3v) is 7.70. The molecule has 1 fully saturated rings. The van der Waals surface area contributed by atoms with Crippen molar-refractivity contribution in [2.24, 2.45) is 19.5 Å². The second kappa shape index (κ2) is 6.78. The SMILES string of the molecule is Cn1c(=O)n(C)c2cc(S(=O)(=O)NCC(C)(C)C3CCCN3)c(Br)cc21. The van der Waals surface area contributed by atoms with Gasteiger partial charge in [-0.25, -0.2) is 17.9 Å². The maximum atomic E-state index is 12.9. The van der Waals surface area contributed by atoms with Crippen LogP contribution < -0.4 is 15.7 Å². The van der Waals surface area contributed by atoms with Gasteiger partial charge < -0.3 is 5.32 Å². The number of aryl methyl sites for hydroxylation is 2. The fourth-order valence-electron chi connectivity index (χ4n) is 3.54. The van der Waals surface area contributed by atoms with Gasteiger partial charge in [-0.3, -0.25) is 9.13 Å². The highest BCUT2D eigenvalue weighted by Gasteiger charge is 2.33. The van der Waals surface area contributed by atoms with E-state index < -0.39 is 10.0 Å². The average Bonchev–Trinajstić information content (AvgIpc) is 3.19. The quantitative estimate of drug-likeness (QED) is 0.734. The lowest BCUT2D eigenvalue weighted by molar-refractivity contribution is 0.265. The van der Waals surface area contributed by atoms with Crippen LogP contribution in [-0.2, 0) is 24.1 Å². The van der Waals surface area contributed by atoms with E-state index in [0.29, 0.717) is 28.1 Å². The average molecular weight is 445 g/mol. The van der Waals surface area contributed by atoms with E-state index >= 15 is 0 Å². The monoisotopic (exact) mass is 444 g/mol. The molecule has 1 atom stereocenters. The summed E-state index contributed by atoms with van der Waals surface area (Å²) in [5.41, 5.74) is 0.874. The van der Waals surface area contributed by atoms with Crippen molar-refractivity contribution in [3.05, 3.63) is 27.1 Å². The van der Waals surface area contributed by atoms with Gasteiger partial charge in [0.1, 0.15) is 0 Å². The van der Waals surface area contributed by atoms with E-state index in [-0.39, 0.29) is 16.0 Å². The van der Waals surface area contributed by atoms with Crippen LogP contribution in [0, 0.1) is 5.41 Å². The first kappa shape index (κ1) is 19.6. The Morgan fingerprint density at radius 1 is 1.27 bits per heavy atom. The standard InChI is InChI=1S/C17H25BrN4O3S/c1-17(2,15-6-5-7-19-15)10-20-26(24,25)14-9-13-12(8-11(14)18)21(3)16(23)22(13)4/h8-9,15,19-20H,5-7,10H2,1-4H3. The van der Waals surface area contributed by atoms with Gasteiger partial charge in [0.05, 0.1) is 15.9 Å². The minimum atomic E-state index is -3.71. The summed E-state index contributed by atoms with van der Waals surface area (Å²) >= 11 is 3.35. The summed E-state index contributed by atoms with van der Waals surface area (Å²) in [4.78, 5) is 12.2. The summed E-state index contributed by atoms with van der Waals surface area (Å²) in [6.07, 6.45) is 2.17. The largest absolute Gasteiger partial charge is 0.328 e. The van der Waals surface area contributed by atoms with E-state index in [1.807, 2.05) is 0 Å². The molecule has 7 nitrogen and oxygen atoms in total. The van der Waals surface area contributed by atoms with Gasteiger partial charge in [0, 0.05) is 31.2 Å². The zero-order valence-electron chi connectivity index (χ0n) is 15.5. The van der Waals surface area contributed by atoms with Crippen molar-refractivity contribution >= 4 is 37.0 Å². The molecule has 1 aliphatic rings. The molecule has 0 amide bonds. The minimum absolute atomic E-state index is 0.140. The molecule has 0 spiro atoms. The number of imidazole rings is 1. The van der Waals surface area contributed by atoms with E-state index in [4.69, 9.17) is 0 Å². The maximum Gasteiger partial charge on any atom is 0.328 e. The van der Waals surface area contributed by atoms with Crippen LogP contribution in [0.1, 0.15) is 26.7 Å². The van der Waals surface area contributed by atoms with Crippen molar-refractivity contribution in [1.82, 2.24) is 19.2 Å². The summed E-state index contributed by atoms with van der Waals surface area (Å²) in [6, 6.07) is 3.52. The molecule has 1 aliphatic heterocycles. The van der Waals surface area contributed by atoms with Gasteiger partial charge in [-0.1, -0.05) is 13.8 Å². The van der Waals surface area contributed by atoms with Gasteiger partial charge in [-0.05, 0) is 52.9 Å². The first-order chi connectivity index (χ1) is 12.0. The molecular weight excluding hydrogens is 420 g/mol. The Bertz CT molecular complexity index is 1000. The Morgan fingerprint density at radius 3 is 2.46 bits per heavy atom. The molecule has 26 heavy (non-hydrogen) atoms. The summed E-state index contributed by atoms with van der Waals surface area (Å²) < 4.78 is 31.9. The molecule has 2 heterocycles. The fraction of sp³-hybridized carbons (Fsp3) is 0.588. The lowest BCUT2D eigenvalue weighted by Gasteiger charge is -2.31. The van der Waals surface area contributed by atoms with E-state index in [0.717, 1.165) is 19.4 Å². The summed E-state index contributed by atoms with van der Waals surface area (Å²) in [5, 5.41) is 3.44. The van der Waals surface area contributed by atoms with Gasteiger partial charge >= 0.3 is 5.69 Å². The number of rotatable bonds is 5. The summed E-state index contributed by atoms with van der Waals surface area (Å²) in [7, 11) is -0.411. The number of fused-ring (bicyclic) bond motifs is 1. The molecule has 2 aromatic rings. The molecular formula is C17H25BrN4O3S. The van der Waals surface area contributed by atoms with Crippen LogP contribution in [-0.4, -0.2) is 36.7 Å². The summed E-state index contributed by atoms with van der Waals surface area (Å²) in [6.45, 7) is 5.45. The maximum absolute atomic E-state index is 12.9. The number of hydrogen-bond acceptors (Lipinski definition) is 4. The van der Waals surface area contributed by atoms with Crippen LogP contribution in [0.2, 0.25) is 0 Å². The Morgan fingerprint density at radius 2 is 1.88 bits per heavy atom. The van der Waals surface area contributed by atoms with Crippen LogP contribution in [0.5, 0.6) is 0 Å². The Labute approximate surface area is 161 Å². The van der Waals surface area contributed by atoms with E-state index in [9.17, 15) is 13.2 Å². The predicted molar refractivity (Wildman–Crippen MR) is 106 cm³/mol. The molecule has 1 aromatic heterocycles. The number of halogens is 1. The second-order valence-electron chi connectivity index (χ2n) is 7.63. The highest BCUT2D eigenvalue weighted by atomic mass is 79.9. The van der Waals surface area contributed by atoms with Gasteiger partial charge in [0.15, 0.2) is 0 Å². The predicted octanol–water partition coefficient (Wildman–Crippen LogP) is 1.70. The van der Waals surface area contributed by atoms with Crippen LogP contribution in [0.15, 0.2) is 26.3 Å². The zero-order chi connectivity index (χ0) is 19.3. The number of nitrogens with one attached hydrogen (secondary N) is 2. The molecule has 1 aromatic carbocycles.